The lowest BCUT2D eigenvalue weighted by Gasteiger charge is -2.27. The second-order valence-electron chi connectivity index (χ2n) is 3.97. The number of hydrogen-bond acceptors (Lipinski definition) is 3. The summed E-state index contributed by atoms with van der Waals surface area (Å²) in [5.74, 6) is 0. The zero-order valence-corrected chi connectivity index (χ0v) is 8.30. The minimum Gasteiger partial charge on any atom is -0.393 e. The van der Waals surface area contributed by atoms with Crippen LogP contribution >= 0.6 is 0 Å². The van der Waals surface area contributed by atoms with Crippen molar-refractivity contribution in [2.45, 2.75) is 50.1 Å². The van der Waals surface area contributed by atoms with E-state index in [0.29, 0.717) is 25.7 Å². The molecule has 0 aromatic rings. The molecule has 0 aliphatic heterocycles. The maximum atomic E-state index is 11.9. The molecule has 0 saturated heterocycles. The van der Waals surface area contributed by atoms with Crippen molar-refractivity contribution in [3.8, 4) is 0 Å². The third kappa shape index (κ3) is 4.36. The van der Waals surface area contributed by atoms with Gasteiger partial charge < -0.3 is 15.5 Å². The van der Waals surface area contributed by atoms with E-state index in [4.69, 9.17) is 5.11 Å². The second kappa shape index (κ2) is 5.14. The Morgan fingerprint density at radius 2 is 1.73 bits per heavy atom. The third-order valence-corrected chi connectivity index (χ3v) is 2.67. The first-order valence-corrected chi connectivity index (χ1v) is 5.06. The monoisotopic (exact) mass is 227 g/mol. The van der Waals surface area contributed by atoms with E-state index in [1.807, 2.05) is 0 Å². The van der Waals surface area contributed by atoms with Gasteiger partial charge in [-0.2, -0.15) is 13.2 Å². The third-order valence-electron chi connectivity index (χ3n) is 2.67. The molecule has 3 nitrogen and oxygen atoms in total. The molecule has 0 radical (unpaired) electrons. The summed E-state index contributed by atoms with van der Waals surface area (Å²) >= 11 is 0. The van der Waals surface area contributed by atoms with Crippen molar-refractivity contribution in [3.05, 3.63) is 0 Å². The Kier molecular flexibility index (Phi) is 4.36. The fourth-order valence-electron chi connectivity index (χ4n) is 1.67. The molecule has 1 aliphatic rings. The van der Waals surface area contributed by atoms with E-state index in [9.17, 15) is 18.3 Å². The van der Waals surface area contributed by atoms with Crippen molar-refractivity contribution in [3.63, 3.8) is 0 Å². The van der Waals surface area contributed by atoms with Crippen LogP contribution in [0.2, 0.25) is 0 Å². The van der Waals surface area contributed by atoms with Crippen molar-refractivity contribution in [2.24, 2.45) is 0 Å². The number of nitrogens with one attached hydrogen (secondary N) is 1. The highest BCUT2D eigenvalue weighted by molar-refractivity contribution is 4.78. The first-order valence-electron chi connectivity index (χ1n) is 5.06. The molecule has 6 heteroatoms. The van der Waals surface area contributed by atoms with Gasteiger partial charge in [0, 0.05) is 12.6 Å². The van der Waals surface area contributed by atoms with Crippen LogP contribution < -0.4 is 5.32 Å². The molecule has 3 N–H and O–H groups in total. The molecule has 0 aromatic heterocycles. The maximum absolute atomic E-state index is 11.9. The molecule has 1 fully saturated rings. The van der Waals surface area contributed by atoms with Crippen LogP contribution in [0.1, 0.15) is 25.7 Å². The van der Waals surface area contributed by atoms with Crippen molar-refractivity contribution in [2.75, 3.05) is 6.54 Å². The summed E-state index contributed by atoms with van der Waals surface area (Å²) in [4.78, 5) is 0. The van der Waals surface area contributed by atoms with Crippen molar-refractivity contribution < 1.29 is 23.4 Å². The Bertz CT molecular complexity index is 190. The second-order valence-corrected chi connectivity index (χ2v) is 3.97. The summed E-state index contributed by atoms with van der Waals surface area (Å²) in [6.07, 6.45) is -4.64. The SMILES string of the molecule is OC1CCC(NCC(O)C(F)(F)F)CC1. The number of alkyl halides is 3. The molecule has 1 unspecified atom stereocenters. The molecule has 1 saturated carbocycles. The molecular formula is C9H16F3NO2. The standard InChI is InChI=1S/C9H16F3NO2/c10-9(11,12)8(15)5-13-6-1-3-7(14)4-2-6/h6-8,13-15H,1-5H2. The molecular weight excluding hydrogens is 211 g/mol. The zero-order valence-electron chi connectivity index (χ0n) is 8.30. The summed E-state index contributed by atoms with van der Waals surface area (Å²) in [5, 5.41) is 20.6. The van der Waals surface area contributed by atoms with Crippen LogP contribution in [0.3, 0.4) is 0 Å². The predicted molar refractivity (Wildman–Crippen MR) is 48.3 cm³/mol. The van der Waals surface area contributed by atoms with Crippen molar-refractivity contribution in [1.29, 1.82) is 0 Å². The summed E-state index contributed by atoms with van der Waals surface area (Å²) < 4.78 is 35.8. The van der Waals surface area contributed by atoms with E-state index < -0.39 is 18.8 Å². The maximum Gasteiger partial charge on any atom is 0.415 e. The van der Waals surface area contributed by atoms with E-state index in [-0.39, 0.29) is 12.1 Å². The normalized spacial score (nSPS) is 30.2. The summed E-state index contributed by atoms with van der Waals surface area (Å²) in [6.45, 7) is -0.468. The zero-order chi connectivity index (χ0) is 11.5. The molecule has 90 valence electrons. The van der Waals surface area contributed by atoms with Crippen LogP contribution in [0.25, 0.3) is 0 Å². The van der Waals surface area contributed by atoms with Crippen LogP contribution in [-0.4, -0.2) is 41.2 Å². The van der Waals surface area contributed by atoms with Gasteiger partial charge in [0.15, 0.2) is 6.10 Å². The molecule has 0 amide bonds. The lowest BCUT2D eigenvalue weighted by atomic mass is 9.93. The molecule has 0 heterocycles. The smallest absolute Gasteiger partial charge is 0.393 e. The van der Waals surface area contributed by atoms with E-state index in [2.05, 4.69) is 5.32 Å². The number of hydrogen-bond donors (Lipinski definition) is 3. The van der Waals surface area contributed by atoms with Gasteiger partial charge in [-0.1, -0.05) is 0 Å². The highest BCUT2D eigenvalue weighted by atomic mass is 19.4. The van der Waals surface area contributed by atoms with Gasteiger partial charge in [-0.25, -0.2) is 0 Å². The summed E-state index contributed by atoms with van der Waals surface area (Å²) in [6, 6.07) is -0.0228. The van der Waals surface area contributed by atoms with Gasteiger partial charge in [0.25, 0.3) is 0 Å². The van der Waals surface area contributed by atoms with Crippen LogP contribution in [0, 0.1) is 0 Å². The lowest BCUT2D eigenvalue weighted by molar-refractivity contribution is -0.202. The van der Waals surface area contributed by atoms with Crippen LogP contribution in [-0.2, 0) is 0 Å². The Morgan fingerprint density at radius 3 is 2.20 bits per heavy atom. The Hall–Kier alpha value is -0.330. The van der Waals surface area contributed by atoms with Crippen LogP contribution in [0.4, 0.5) is 13.2 Å². The number of halogens is 3. The highest BCUT2D eigenvalue weighted by Gasteiger charge is 2.38. The minimum absolute atomic E-state index is 0.0228. The van der Waals surface area contributed by atoms with Gasteiger partial charge in [0.2, 0.25) is 0 Å². The number of aliphatic hydroxyl groups is 2. The molecule has 1 aliphatic carbocycles. The number of rotatable bonds is 3. The average molecular weight is 227 g/mol. The topological polar surface area (TPSA) is 52.5 Å². The fraction of sp³-hybridized carbons (Fsp3) is 1.00. The van der Waals surface area contributed by atoms with E-state index in [0.717, 1.165) is 0 Å². The molecule has 1 atom stereocenters. The quantitative estimate of drug-likeness (QED) is 0.668. The lowest BCUT2D eigenvalue weighted by Crippen LogP contribution is -2.44. The Balaban J connectivity index is 2.20. The number of aliphatic hydroxyl groups excluding tert-OH is 2. The average Bonchev–Trinajstić information content (AvgIpc) is 2.15. The van der Waals surface area contributed by atoms with E-state index in [1.54, 1.807) is 0 Å². The van der Waals surface area contributed by atoms with Crippen LogP contribution in [0.15, 0.2) is 0 Å². The van der Waals surface area contributed by atoms with E-state index in [1.165, 1.54) is 0 Å². The largest absolute Gasteiger partial charge is 0.415 e. The van der Waals surface area contributed by atoms with E-state index >= 15 is 0 Å². The predicted octanol–water partition coefficient (Wildman–Crippen LogP) is 0.803. The van der Waals surface area contributed by atoms with Gasteiger partial charge in [0.1, 0.15) is 0 Å². The first-order chi connectivity index (χ1) is 6.89. The van der Waals surface area contributed by atoms with Gasteiger partial charge in [-0.3, -0.25) is 0 Å². The first kappa shape index (κ1) is 12.7. The van der Waals surface area contributed by atoms with Gasteiger partial charge in [0.05, 0.1) is 6.10 Å². The van der Waals surface area contributed by atoms with Gasteiger partial charge in [-0.15, -0.1) is 0 Å². The van der Waals surface area contributed by atoms with Crippen LogP contribution in [0.5, 0.6) is 0 Å². The Labute approximate surface area is 86.3 Å². The molecule has 0 aromatic carbocycles. The van der Waals surface area contributed by atoms with Crippen molar-refractivity contribution >= 4 is 0 Å². The molecule has 15 heavy (non-hydrogen) atoms. The Morgan fingerprint density at radius 1 is 1.20 bits per heavy atom. The minimum atomic E-state index is -4.55. The van der Waals surface area contributed by atoms with Crippen molar-refractivity contribution in [1.82, 2.24) is 5.32 Å². The summed E-state index contributed by atoms with van der Waals surface area (Å²) in [7, 11) is 0. The fourth-order valence-corrected chi connectivity index (χ4v) is 1.67. The van der Waals surface area contributed by atoms with Gasteiger partial charge >= 0.3 is 6.18 Å². The molecule has 1 rings (SSSR count). The highest BCUT2D eigenvalue weighted by Crippen LogP contribution is 2.21. The molecule has 0 spiro atoms. The van der Waals surface area contributed by atoms with Gasteiger partial charge in [-0.05, 0) is 25.7 Å². The molecule has 0 bridgehead atoms. The summed E-state index contributed by atoms with van der Waals surface area (Å²) in [5.41, 5.74) is 0.